The molecule has 1 aliphatic carbocycles. The SMILES string of the molecule is CCCC([C@H]1CC[C@H](CC(C)(C)NC[C@H](O)c2cccc(F)c2)CC1)S(N)(=O)=O. The van der Waals surface area contributed by atoms with Gasteiger partial charge in [0, 0.05) is 12.1 Å². The molecule has 2 atom stereocenters. The number of primary sulfonamides is 1. The van der Waals surface area contributed by atoms with Crippen LogP contribution in [0.2, 0.25) is 0 Å². The van der Waals surface area contributed by atoms with Crippen molar-refractivity contribution in [2.75, 3.05) is 6.54 Å². The van der Waals surface area contributed by atoms with Gasteiger partial charge < -0.3 is 10.4 Å². The molecule has 1 aromatic carbocycles. The van der Waals surface area contributed by atoms with Gasteiger partial charge in [-0.25, -0.2) is 17.9 Å². The number of rotatable bonds is 10. The third-order valence-electron chi connectivity index (χ3n) is 6.22. The number of aliphatic hydroxyl groups is 1. The topological polar surface area (TPSA) is 92.4 Å². The Hall–Kier alpha value is -1.02. The predicted molar refractivity (Wildman–Crippen MR) is 115 cm³/mol. The van der Waals surface area contributed by atoms with Gasteiger partial charge in [-0.1, -0.05) is 38.3 Å². The van der Waals surface area contributed by atoms with Crippen molar-refractivity contribution in [2.45, 2.75) is 82.6 Å². The highest BCUT2D eigenvalue weighted by atomic mass is 32.2. The molecule has 7 heteroatoms. The average Bonchev–Trinajstić information content (AvgIpc) is 2.64. The Morgan fingerprint density at radius 3 is 2.48 bits per heavy atom. The number of nitrogens with two attached hydrogens (primary N) is 1. The van der Waals surface area contributed by atoms with Crippen molar-refractivity contribution in [3.63, 3.8) is 0 Å². The predicted octanol–water partition coefficient (Wildman–Crippen LogP) is 3.88. The van der Waals surface area contributed by atoms with E-state index in [0.717, 1.165) is 38.5 Å². The molecular weight excluding hydrogens is 391 g/mol. The van der Waals surface area contributed by atoms with Crippen molar-refractivity contribution in [1.82, 2.24) is 5.32 Å². The van der Waals surface area contributed by atoms with E-state index in [1.807, 2.05) is 6.92 Å². The third kappa shape index (κ3) is 7.63. The Kier molecular flexibility index (Phi) is 8.64. The summed E-state index contributed by atoms with van der Waals surface area (Å²) in [6, 6.07) is 6.05. The van der Waals surface area contributed by atoms with Crippen molar-refractivity contribution in [3.05, 3.63) is 35.6 Å². The van der Waals surface area contributed by atoms with Crippen LogP contribution in [0, 0.1) is 17.7 Å². The highest BCUT2D eigenvalue weighted by Gasteiger charge is 2.35. The van der Waals surface area contributed by atoms with Gasteiger partial charge in [0.05, 0.1) is 11.4 Å². The normalized spacial score (nSPS) is 23.0. The molecule has 29 heavy (non-hydrogen) atoms. The second-order valence-corrected chi connectivity index (χ2v) is 11.0. The first-order valence-corrected chi connectivity index (χ1v) is 12.3. The van der Waals surface area contributed by atoms with Gasteiger partial charge in [-0.2, -0.15) is 0 Å². The largest absolute Gasteiger partial charge is 0.387 e. The minimum atomic E-state index is -3.49. The van der Waals surface area contributed by atoms with Gasteiger partial charge >= 0.3 is 0 Å². The molecule has 0 aliphatic heterocycles. The summed E-state index contributed by atoms with van der Waals surface area (Å²) in [6.07, 6.45) is 5.44. The molecule has 0 amide bonds. The number of nitrogens with one attached hydrogen (secondary N) is 1. The van der Waals surface area contributed by atoms with Crippen LogP contribution in [0.5, 0.6) is 0 Å². The van der Waals surface area contributed by atoms with Crippen LogP contribution in [0.1, 0.15) is 77.4 Å². The van der Waals surface area contributed by atoms with Gasteiger partial charge in [-0.3, -0.25) is 0 Å². The highest BCUT2D eigenvalue weighted by Crippen LogP contribution is 2.37. The summed E-state index contributed by atoms with van der Waals surface area (Å²) < 4.78 is 37.2. The minimum Gasteiger partial charge on any atom is -0.387 e. The van der Waals surface area contributed by atoms with Gasteiger partial charge in [0.2, 0.25) is 10.0 Å². The smallest absolute Gasteiger partial charge is 0.212 e. The number of hydrogen-bond acceptors (Lipinski definition) is 4. The Labute approximate surface area is 175 Å². The van der Waals surface area contributed by atoms with Gasteiger partial charge in [0.15, 0.2) is 0 Å². The Morgan fingerprint density at radius 1 is 1.28 bits per heavy atom. The maximum Gasteiger partial charge on any atom is 0.212 e. The average molecular weight is 429 g/mol. The molecule has 0 bridgehead atoms. The molecule has 5 nitrogen and oxygen atoms in total. The van der Waals surface area contributed by atoms with Crippen molar-refractivity contribution < 1.29 is 17.9 Å². The molecule has 0 spiro atoms. The van der Waals surface area contributed by atoms with E-state index in [0.29, 0.717) is 24.4 Å². The first-order valence-electron chi connectivity index (χ1n) is 10.7. The first kappa shape index (κ1) is 24.3. The molecule has 1 saturated carbocycles. The summed E-state index contributed by atoms with van der Waals surface area (Å²) in [6.45, 7) is 6.58. The number of benzene rings is 1. The molecule has 1 aromatic rings. The van der Waals surface area contributed by atoms with E-state index in [1.54, 1.807) is 12.1 Å². The summed E-state index contributed by atoms with van der Waals surface area (Å²) in [5.74, 6) is 0.327. The minimum absolute atomic E-state index is 0.159. The van der Waals surface area contributed by atoms with Crippen LogP contribution in [0.3, 0.4) is 0 Å². The molecule has 0 radical (unpaired) electrons. The van der Waals surface area contributed by atoms with Gasteiger partial charge in [0.1, 0.15) is 5.82 Å². The second kappa shape index (κ2) is 10.3. The van der Waals surface area contributed by atoms with E-state index in [-0.39, 0.29) is 17.3 Å². The number of hydrogen-bond donors (Lipinski definition) is 3. The number of sulfonamides is 1. The van der Waals surface area contributed by atoms with Gasteiger partial charge in [-0.05, 0) is 69.1 Å². The van der Waals surface area contributed by atoms with E-state index < -0.39 is 21.4 Å². The number of β-amino-alcohol motifs (C(OH)–C–C–N with tert-alkyl or cyclic N) is 1. The highest BCUT2D eigenvalue weighted by molar-refractivity contribution is 7.89. The van der Waals surface area contributed by atoms with E-state index in [2.05, 4.69) is 19.2 Å². The number of aliphatic hydroxyl groups excluding tert-OH is 1. The second-order valence-electron chi connectivity index (χ2n) is 9.24. The summed E-state index contributed by atoms with van der Waals surface area (Å²) in [5.41, 5.74) is 0.396. The van der Waals surface area contributed by atoms with Crippen molar-refractivity contribution >= 4 is 10.0 Å². The fourth-order valence-corrected chi connectivity index (χ4v) is 6.09. The van der Waals surface area contributed by atoms with Gasteiger partial charge in [-0.15, -0.1) is 0 Å². The fourth-order valence-electron chi connectivity index (χ4n) is 4.72. The molecule has 166 valence electrons. The molecular formula is C22H37FN2O3S. The standard InChI is InChI=1S/C22H37FN2O3S/c1-4-6-21(29(24,27)28)17-11-9-16(10-12-17)14-22(2,3)25-15-20(26)18-7-5-8-19(23)13-18/h5,7-8,13,16-17,20-21,25-26H,4,6,9-12,14-15H2,1-3H3,(H2,24,27,28)/t16-,17-,20-,21?/m0/s1. The Bertz CT molecular complexity index is 746. The molecule has 0 heterocycles. The molecule has 1 fully saturated rings. The lowest BCUT2D eigenvalue weighted by atomic mass is 9.75. The summed E-state index contributed by atoms with van der Waals surface area (Å²) in [4.78, 5) is 0. The summed E-state index contributed by atoms with van der Waals surface area (Å²) in [7, 11) is -3.49. The van der Waals surface area contributed by atoms with Gasteiger partial charge in [0.25, 0.3) is 0 Å². The fraction of sp³-hybridized carbons (Fsp3) is 0.727. The quantitative estimate of drug-likeness (QED) is 0.527. The van der Waals surface area contributed by atoms with Crippen LogP contribution in [0.4, 0.5) is 4.39 Å². The zero-order valence-corrected chi connectivity index (χ0v) is 18.7. The van der Waals surface area contributed by atoms with Crippen molar-refractivity contribution in [1.29, 1.82) is 0 Å². The summed E-state index contributed by atoms with van der Waals surface area (Å²) in [5, 5.41) is 18.8. The maximum atomic E-state index is 13.3. The Morgan fingerprint density at radius 2 is 1.93 bits per heavy atom. The van der Waals surface area contributed by atoms with Crippen LogP contribution >= 0.6 is 0 Å². The summed E-state index contributed by atoms with van der Waals surface area (Å²) >= 11 is 0. The lowest BCUT2D eigenvalue weighted by Gasteiger charge is -2.37. The molecule has 4 N–H and O–H groups in total. The molecule has 1 aliphatic rings. The first-order chi connectivity index (χ1) is 13.5. The lowest BCUT2D eigenvalue weighted by molar-refractivity contribution is 0.147. The molecule has 2 rings (SSSR count). The Balaban J connectivity index is 1.84. The molecule has 1 unspecified atom stereocenters. The van der Waals surface area contributed by atoms with Crippen molar-refractivity contribution in [3.8, 4) is 0 Å². The van der Waals surface area contributed by atoms with Crippen LogP contribution in [-0.2, 0) is 10.0 Å². The molecule has 0 saturated heterocycles. The van der Waals surface area contributed by atoms with E-state index >= 15 is 0 Å². The molecule has 0 aromatic heterocycles. The van der Waals surface area contributed by atoms with Crippen LogP contribution in [0.15, 0.2) is 24.3 Å². The van der Waals surface area contributed by atoms with Crippen LogP contribution < -0.4 is 10.5 Å². The van der Waals surface area contributed by atoms with Crippen LogP contribution in [-0.4, -0.2) is 30.9 Å². The third-order valence-corrected chi connectivity index (χ3v) is 7.68. The van der Waals surface area contributed by atoms with Crippen molar-refractivity contribution in [2.24, 2.45) is 17.0 Å². The zero-order chi connectivity index (χ0) is 21.7. The van der Waals surface area contributed by atoms with Crippen LogP contribution in [0.25, 0.3) is 0 Å². The van der Waals surface area contributed by atoms with E-state index in [4.69, 9.17) is 5.14 Å². The maximum absolute atomic E-state index is 13.3. The number of halogens is 1. The lowest BCUT2D eigenvalue weighted by Crippen LogP contribution is -2.44. The van der Waals surface area contributed by atoms with E-state index in [9.17, 15) is 17.9 Å². The zero-order valence-electron chi connectivity index (χ0n) is 17.9. The van der Waals surface area contributed by atoms with E-state index in [1.165, 1.54) is 12.1 Å². The monoisotopic (exact) mass is 428 g/mol.